The van der Waals surface area contributed by atoms with Gasteiger partial charge in [-0.2, -0.15) is 0 Å². The van der Waals surface area contributed by atoms with Crippen LogP contribution in [-0.2, 0) is 6.54 Å². The van der Waals surface area contributed by atoms with Gasteiger partial charge in [-0.3, -0.25) is 4.90 Å². The summed E-state index contributed by atoms with van der Waals surface area (Å²) < 4.78 is 0. The predicted molar refractivity (Wildman–Crippen MR) is 58.5 cm³/mol. The number of hydrogen-bond acceptors (Lipinski definition) is 3. The van der Waals surface area contributed by atoms with E-state index in [1.54, 1.807) is 0 Å². The smallest absolute Gasteiger partial charge is 0.222 e. The average Bonchev–Trinajstić information content (AvgIpc) is 2.66. The van der Waals surface area contributed by atoms with Crippen LogP contribution in [0.1, 0.15) is 12.5 Å². The number of fused-ring (bicyclic) bond motifs is 1. The van der Waals surface area contributed by atoms with Gasteiger partial charge in [-0.25, -0.2) is 9.97 Å². The second-order valence-corrected chi connectivity index (χ2v) is 5.08. The molecule has 4 heteroatoms. The highest BCUT2D eigenvalue weighted by Gasteiger charge is 2.52. The fraction of sp³-hybridized carbons (Fsp3) is 0.636. The highest BCUT2D eigenvalue weighted by atomic mass is 35.5. The van der Waals surface area contributed by atoms with E-state index in [0.29, 0.717) is 5.28 Å². The molecule has 3 nitrogen and oxygen atoms in total. The number of rotatable bonds is 2. The highest BCUT2D eigenvalue weighted by Crippen LogP contribution is 2.51. The Hall–Kier alpha value is -0.670. The first-order valence-electron chi connectivity index (χ1n) is 5.43. The molecule has 1 saturated heterocycles. The summed E-state index contributed by atoms with van der Waals surface area (Å²) in [6.07, 6.45) is 3.64. The minimum Gasteiger partial charge on any atom is -0.298 e. The Morgan fingerprint density at radius 2 is 1.93 bits per heavy atom. The van der Waals surface area contributed by atoms with Crippen molar-refractivity contribution in [3.63, 3.8) is 0 Å². The number of halogens is 1. The first-order valence-corrected chi connectivity index (χ1v) is 5.80. The third kappa shape index (κ3) is 1.74. The Kier molecular flexibility index (Phi) is 2.18. The molecule has 80 valence electrons. The number of likely N-dealkylation sites (tertiary alicyclic amines) is 1. The van der Waals surface area contributed by atoms with Crippen LogP contribution in [0.2, 0.25) is 5.28 Å². The molecule has 0 aromatic carbocycles. The zero-order chi connectivity index (χ0) is 10.4. The molecular weight excluding hydrogens is 210 g/mol. The van der Waals surface area contributed by atoms with Crippen molar-refractivity contribution in [3.8, 4) is 0 Å². The van der Waals surface area contributed by atoms with E-state index in [9.17, 15) is 0 Å². The molecule has 2 aliphatic rings. The lowest BCUT2D eigenvalue weighted by Crippen LogP contribution is -2.23. The molecule has 3 atom stereocenters. The molecule has 3 rings (SSSR count). The van der Waals surface area contributed by atoms with Gasteiger partial charge in [0.05, 0.1) is 0 Å². The molecule has 2 heterocycles. The van der Waals surface area contributed by atoms with Crippen molar-refractivity contribution < 1.29 is 0 Å². The van der Waals surface area contributed by atoms with Crippen LogP contribution in [0, 0.1) is 17.8 Å². The standard InChI is InChI=1S/C11H14ClN3/c1-7-9-5-15(6-10(7)9)4-8-2-13-11(12)14-3-8/h2-3,7,9-10H,4-6H2,1H3/t7-,9-,10+. The van der Waals surface area contributed by atoms with Crippen molar-refractivity contribution >= 4 is 11.6 Å². The van der Waals surface area contributed by atoms with Gasteiger partial charge in [-0.15, -0.1) is 0 Å². The van der Waals surface area contributed by atoms with E-state index < -0.39 is 0 Å². The van der Waals surface area contributed by atoms with Gasteiger partial charge in [0.1, 0.15) is 0 Å². The summed E-state index contributed by atoms with van der Waals surface area (Å²) in [6.45, 7) is 5.82. The van der Waals surface area contributed by atoms with Crippen LogP contribution < -0.4 is 0 Å². The van der Waals surface area contributed by atoms with Crippen molar-refractivity contribution in [1.29, 1.82) is 0 Å². The fourth-order valence-corrected chi connectivity index (χ4v) is 2.82. The summed E-state index contributed by atoms with van der Waals surface area (Å²) in [5.74, 6) is 2.87. The first kappa shape index (κ1) is 9.55. The molecule has 1 aromatic heterocycles. The quantitative estimate of drug-likeness (QED) is 0.717. The van der Waals surface area contributed by atoms with E-state index in [1.807, 2.05) is 12.4 Å². The summed E-state index contributed by atoms with van der Waals surface area (Å²) in [7, 11) is 0. The summed E-state index contributed by atoms with van der Waals surface area (Å²) >= 11 is 5.64. The fourth-order valence-electron chi connectivity index (χ4n) is 2.72. The second-order valence-electron chi connectivity index (χ2n) is 4.74. The van der Waals surface area contributed by atoms with Crippen molar-refractivity contribution in [1.82, 2.24) is 14.9 Å². The number of aromatic nitrogens is 2. The normalized spacial score (nSPS) is 34.1. The zero-order valence-electron chi connectivity index (χ0n) is 8.73. The Bertz CT molecular complexity index is 353. The summed E-state index contributed by atoms with van der Waals surface area (Å²) in [5.41, 5.74) is 1.16. The zero-order valence-corrected chi connectivity index (χ0v) is 9.48. The van der Waals surface area contributed by atoms with E-state index in [-0.39, 0.29) is 0 Å². The Labute approximate surface area is 94.5 Å². The third-order valence-electron chi connectivity index (χ3n) is 3.78. The average molecular weight is 224 g/mol. The first-order chi connectivity index (χ1) is 7.24. The van der Waals surface area contributed by atoms with Gasteiger partial charge >= 0.3 is 0 Å². The highest BCUT2D eigenvalue weighted by molar-refractivity contribution is 6.28. The van der Waals surface area contributed by atoms with Crippen molar-refractivity contribution in [2.75, 3.05) is 13.1 Å². The topological polar surface area (TPSA) is 29.0 Å². The summed E-state index contributed by atoms with van der Waals surface area (Å²) in [5, 5.41) is 0.330. The van der Waals surface area contributed by atoms with Gasteiger partial charge in [0.2, 0.25) is 5.28 Å². The predicted octanol–water partition coefficient (Wildman–Crippen LogP) is 1.83. The Balaban J connectivity index is 1.60. The monoisotopic (exact) mass is 223 g/mol. The van der Waals surface area contributed by atoms with Gasteiger partial charge in [-0.1, -0.05) is 6.92 Å². The molecule has 0 radical (unpaired) electrons. The second kappa shape index (κ2) is 3.42. The van der Waals surface area contributed by atoms with Crippen LogP contribution in [0.15, 0.2) is 12.4 Å². The summed E-state index contributed by atoms with van der Waals surface area (Å²) in [6, 6.07) is 0. The van der Waals surface area contributed by atoms with Crippen LogP contribution >= 0.6 is 11.6 Å². The summed E-state index contributed by atoms with van der Waals surface area (Å²) in [4.78, 5) is 10.5. The van der Waals surface area contributed by atoms with E-state index in [1.165, 1.54) is 13.1 Å². The minimum atomic E-state index is 0.330. The largest absolute Gasteiger partial charge is 0.298 e. The molecule has 1 aliphatic heterocycles. The number of piperidine rings is 1. The van der Waals surface area contributed by atoms with Gasteiger partial charge in [0.25, 0.3) is 0 Å². The lowest BCUT2D eigenvalue weighted by Gasteiger charge is -2.17. The molecule has 0 unspecified atom stereocenters. The van der Waals surface area contributed by atoms with Crippen LogP contribution in [-0.4, -0.2) is 28.0 Å². The van der Waals surface area contributed by atoms with Crippen molar-refractivity contribution in [2.24, 2.45) is 17.8 Å². The van der Waals surface area contributed by atoms with Gasteiger partial charge < -0.3 is 0 Å². The third-order valence-corrected chi connectivity index (χ3v) is 3.97. The van der Waals surface area contributed by atoms with Crippen LogP contribution in [0.25, 0.3) is 0 Å². The minimum absolute atomic E-state index is 0.330. The SMILES string of the molecule is C[C@@H]1[C@H]2CN(Cc3cnc(Cl)nc3)C[C@@H]12. The molecular formula is C11H14ClN3. The van der Waals surface area contributed by atoms with Crippen LogP contribution in [0.3, 0.4) is 0 Å². The van der Waals surface area contributed by atoms with Crippen LogP contribution in [0.5, 0.6) is 0 Å². The Morgan fingerprint density at radius 3 is 2.53 bits per heavy atom. The van der Waals surface area contributed by atoms with E-state index in [0.717, 1.165) is 29.9 Å². The van der Waals surface area contributed by atoms with Gasteiger partial charge in [-0.05, 0) is 29.4 Å². The van der Waals surface area contributed by atoms with Gasteiger partial charge in [0.15, 0.2) is 0 Å². The van der Waals surface area contributed by atoms with Crippen LogP contribution in [0.4, 0.5) is 0 Å². The molecule has 15 heavy (non-hydrogen) atoms. The van der Waals surface area contributed by atoms with Crippen molar-refractivity contribution in [2.45, 2.75) is 13.5 Å². The lowest BCUT2D eigenvalue weighted by atomic mass is 10.2. The maximum absolute atomic E-state index is 5.64. The van der Waals surface area contributed by atoms with E-state index in [4.69, 9.17) is 11.6 Å². The molecule has 1 saturated carbocycles. The maximum Gasteiger partial charge on any atom is 0.222 e. The molecule has 0 N–H and O–H groups in total. The molecule has 2 fully saturated rings. The molecule has 1 aliphatic carbocycles. The molecule has 1 aromatic rings. The molecule has 0 bridgehead atoms. The lowest BCUT2D eigenvalue weighted by molar-refractivity contribution is 0.281. The van der Waals surface area contributed by atoms with E-state index in [2.05, 4.69) is 21.8 Å². The number of nitrogens with zero attached hydrogens (tertiary/aromatic N) is 3. The van der Waals surface area contributed by atoms with Gasteiger partial charge in [0, 0.05) is 37.6 Å². The van der Waals surface area contributed by atoms with E-state index >= 15 is 0 Å². The number of hydrogen-bond donors (Lipinski definition) is 0. The molecule has 0 amide bonds. The van der Waals surface area contributed by atoms with Crippen molar-refractivity contribution in [3.05, 3.63) is 23.2 Å². The molecule has 0 spiro atoms. The maximum atomic E-state index is 5.64. The Morgan fingerprint density at radius 1 is 1.33 bits per heavy atom.